The second-order valence-electron chi connectivity index (χ2n) is 10.1. The molecule has 3 N–H and O–H groups in total. The van der Waals surface area contributed by atoms with Crippen LogP contribution in [0.2, 0.25) is 0 Å². The van der Waals surface area contributed by atoms with Crippen LogP contribution in [-0.4, -0.2) is 64.5 Å². The van der Waals surface area contributed by atoms with Crippen molar-refractivity contribution in [1.29, 1.82) is 0 Å². The van der Waals surface area contributed by atoms with Gasteiger partial charge < -0.3 is 25.0 Å². The number of unbranched alkanes of at least 4 members (excludes halogenated alkanes) is 1. The minimum Gasteiger partial charge on any atom is -0.479 e. The van der Waals surface area contributed by atoms with Crippen molar-refractivity contribution in [2.24, 2.45) is 11.8 Å². The molecule has 2 amide bonds. The van der Waals surface area contributed by atoms with E-state index in [0.29, 0.717) is 25.9 Å². The van der Waals surface area contributed by atoms with Gasteiger partial charge in [0.05, 0.1) is 6.61 Å². The Morgan fingerprint density at radius 1 is 1.06 bits per heavy atom. The third kappa shape index (κ3) is 9.58. The van der Waals surface area contributed by atoms with E-state index >= 15 is 0 Å². The number of rotatable bonds is 16. The highest BCUT2D eigenvalue weighted by atomic mass is 31.2. The highest BCUT2D eigenvalue weighted by molar-refractivity contribution is 7.60. The van der Waals surface area contributed by atoms with Gasteiger partial charge in [0, 0.05) is 26.2 Å². The zero-order valence-electron chi connectivity index (χ0n) is 22.2. The van der Waals surface area contributed by atoms with Crippen molar-refractivity contribution in [2.45, 2.75) is 71.5 Å². The summed E-state index contributed by atoms with van der Waals surface area (Å²) in [4.78, 5) is 49.3. The predicted molar refractivity (Wildman–Crippen MR) is 140 cm³/mol. The van der Waals surface area contributed by atoms with Crippen LogP contribution in [0.25, 0.3) is 0 Å². The van der Waals surface area contributed by atoms with Crippen molar-refractivity contribution in [3.8, 4) is 0 Å². The van der Waals surface area contributed by atoms with Crippen LogP contribution >= 0.6 is 7.37 Å². The highest BCUT2D eigenvalue weighted by Crippen LogP contribution is 2.59. The van der Waals surface area contributed by atoms with Gasteiger partial charge >= 0.3 is 12.1 Å². The van der Waals surface area contributed by atoms with E-state index in [2.05, 4.69) is 5.32 Å². The standard InChI is InChI=1S/C26H43N2O7P/c1-20(2)18-26(24(30)31,28(5)23(29)15-11-14-22-12-7-6-8-13-22)36(33,34)17-10-9-16-27-25(32)35-19-21(3)4/h6-8,12-13,20-21H,9-11,14-19H2,1-5H3,(H,27,32)(H,30,31)(H,33,34)/t26-/m1/s1. The summed E-state index contributed by atoms with van der Waals surface area (Å²) >= 11 is 0. The van der Waals surface area contributed by atoms with E-state index in [9.17, 15) is 28.9 Å². The number of ether oxygens (including phenoxy) is 1. The van der Waals surface area contributed by atoms with Crippen LogP contribution in [0, 0.1) is 11.8 Å². The Kier molecular flexibility index (Phi) is 13.2. The quantitative estimate of drug-likeness (QED) is 0.209. The molecule has 0 fully saturated rings. The Morgan fingerprint density at radius 3 is 2.25 bits per heavy atom. The molecule has 9 nitrogen and oxygen atoms in total. The van der Waals surface area contributed by atoms with Crippen LogP contribution in [0.15, 0.2) is 30.3 Å². The lowest BCUT2D eigenvalue weighted by Crippen LogP contribution is -2.56. The Morgan fingerprint density at radius 2 is 1.69 bits per heavy atom. The van der Waals surface area contributed by atoms with E-state index in [1.54, 1.807) is 13.8 Å². The molecule has 0 bridgehead atoms. The van der Waals surface area contributed by atoms with Gasteiger partial charge in [-0.3, -0.25) is 9.36 Å². The molecular weight excluding hydrogens is 483 g/mol. The number of carboxylic acids is 1. The molecule has 0 radical (unpaired) electrons. The molecular formula is C26H43N2O7P. The van der Waals surface area contributed by atoms with Gasteiger partial charge in [0.2, 0.25) is 18.6 Å². The first-order chi connectivity index (χ1) is 16.8. The predicted octanol–water partition coefficient (Wildman–Crippen LogP) is 4.73. The topological polar surface area (TPSA) is 133 Å². The molecule has 1 aromatic carbocycles. The Labute approximate surface area is 215 Å². The van der Waals surface area contributed by atoms with Crippen LogP contribution in [0.4, 0.5) is 4.79 Å². The summed E-state index contributed by atoms with van der Waals surface area (Å²) in [5, 5.41) is 10.6. The highest BCUT2D eigenvalue weighted by Gasteiger charge is 2.58. The van der Waals surface area contributed by atoms with Crippen molar-refractivity contribution in [3.63, 3.8) is 0 Å². The van der Waals surface area contributed by atoms with E-state index < -0.39 is 30.6 Å². The summed E-state index contributed by atoms with van der Waals surface area (Å²) in [6, 6.07) is 9.63. The zero-order valence-corrected chi connectivity index (χ0v) is 23.1. The minimum absolute atomic E-state index is 0.0704. The van der Waals surface area contributed by atoms with E-state index in [1.807, 2.05) is 44.2 Å². The average molecular weight is 527 g/mol. The number of carboxylic acid groups (broad SMARTS) is 1. The number of aryl methyl sites for hydroxylation is 1. The summed E-state index contributed by atoms with van der Waals surface area (Å²) in [7, 11) is -3.06. The molecule has 1 unspecified atom stereocenters. The molecule has 204 valence electrons. The summed E-state index contributed by atoms with van der Waals surface area (Å²) in [6.45, 7) is 7.89. The average Bonchev–Trinajstić information content (AvgIpc) is 2.80. The molecule has 36 heavy (non-hydrogen) atoms. The van der Waals surface area contributed by atoms with Crippen LogP contribution in [-0.2, 0) is 25.3 Å². The van der Waals surface area contributed by atoms with Crippen molar-refractivity contribution in [1.82, 2.24) is 10.2 Å². The van der Waals surface area contributed by atoms with E-state index in [1.165, 1.54) is 7.05 Å². The maximum Gasteiger partial charge on any atom is 0.407 e. The molecule has 0 saturated carbocycles. The Balaban J connectivity index is 2.85. The van der Waals surface area contributed by atoms with E-state index in [-0.39, 0.29) is 43.8 Å². The number of alkyl carbamates (subject to hydrolysis) is 1. The van der Waals surface area contributed by atoms with Gasteiger partial charge in [0.15, 0.2) is 0 Å². The molecule has 2 atom stereocenters. The maximum absolute atomic E-state index is 13.6. The lowest BCUT2D eigenvalue weighted by molar-refractivity contribution is -0.153. The normalized spacial score (nSPS) is 14.7. The second-order valence-corrected chi connectivity index (χ2v) is 12.7. The number of nitrogens with zero attached hydrogens (tertiary/aromatic N) is 1. The summed E-state index contributed by atoms with van der Waals surface area (Å²) in [5.74, 6) is -1.98. The van der Waals surface area contributed by atoms with Gasteiger partial charge in [-0.1, -0.05) is 58.0 Å². The largest absolute Gasteiger partial charge is 0.479 e. The van der Waals surface area contributed by atoms with Gasteiger partial charge in [-0.25, -0.2) is 9.59 Å². The fourth-order valence-corrected chi connectivity index (χ4v) is 6.60. The number of amides is 2. The number of hydrogen-bond donors (Lipinski definition) is 3. The van der Waals surface area contributed by atoms with Gasteiger partial charge in [0.1, 0.15) is 0 Å². The van der Waals surface area contributed by atoms with Crippen molar-refractivity contribution < 1.29 is 33.7 Å². The van der Waals surface area contributed by atoms with Gasteiger partial charge in [-0.2, -0.15) is 0 Å². The number of carbonyl (C=O) groups excluding carboxylic acids is 2. The number of hydrogen-bond acceptors (Lipinski definition) is 5. The van der Waals surface area contributed by atoms with Gasteiger partial charge in [0.25, 0.3) is 0 Å². The molecule has 0 spiro atoms. The summed E-state index contributed by atoms with van der Waals surface area (Å²) < 4.78 is 18.6. The summed E-state index contributed by atoms with van der Waals surface area (Å²) in [6.07, 6.45) is 0.812. The van der Waals surface area contributed by atoms with Crippen LogP contribution in [0.1, 0.15) is 65.4 Å². The number of aliphatic carboxylic acids is 1. The SMILES string of the molecule is CC(C)COC(=O)NCCCCP(=O)(O)[C@](CC(C)C)(C(=O)O)N(C)C(=O)CCCc1ccccc1. The number of benzene rings is 1. The zero-order chi connectivity index (χ0) is 27.4. The monoisotopic (exact) mass is 526 g/mol. The molecule has 0 aliphatic heterocycles. The smallest absolute Gasteiger partial charge is 0.407 e. The fraction of sp³-hybridized carbons (Fsp3) is 0.654. The van der Waals surface area contributed by atoms with Crippen molar-refractivity contribution >= 4 is 25.3 Å². The van der Waals surface area contributed by atoms with Crippen LogP contribution < -0.4 is 5.32 Å². The van der Waals surface area contributed by atoms with Gasteiger partial charge in [-0.05, 0) is 49.5 Å². The maximum atomic E-state index is 13.6. The molecule has 0 aromatic heterocycles. The molecule has 0 aliphatic rings. The van der Waals surface area contributed by atoms with Gasteiger partial charge in [-0.15, -0.1) is 0 Å². The first kappa shape index (κ1) is 31.6. The lowest BCUT2D eigenvalue weighted by Gasteiger charge is -2.42. The first-order valence-electron chi connectivity index (χ1n) is 12.6. The Bertz CT molecular complexity index is 892. The minimum atomic E-state index is -4.37. The van der Waals surface area contributed by atoms with Crippen molar-refractivity contribution in [3.05, 3.63) is 35.9 Å². The summed E-state index contributed by atoms with van der Waals surface area (Å²) in [5.41, 5.74) is 1.06. The fourth-order valence-electron chi connectivity index (χ4n) is 4.05. The first-order valence-corrected chi connectivity index (χ1v) is 14.4. The molecule has 1 rings (SSSR count). The van der Waals surface area contributed by atoms with Crippen molar-refractivity contribution in [2.75, 3.05) is 26.4 Å². The van der Waals surface area contributed by atoms with E-state index in [4.69, 9.17) is 4.74 Å². The Hall–Kier alpha value is -2.38. The molecule has 0 aliphatic carbocycles. The molecule has 1 aromatic rings. The molecule has 10 heteroatoms. The third-order valence-corrected chi connectivity index (χ3v) is 8.70. The lowest BCUT2D eigenvalue weighted by atomic mass is 10.0. The molecule has 0 heterocycles. The number of carbonyl (C=O) groups is 3. The van der Waals surface area contributed by atoms with E-state index in [0.717, 1.165) is 10.5 Å². The van der Waals surface area contributed by atoms with Crippen LogP contribution in [0.5, 0.6) is 0 Å². The molecule has 0 saturated heterocycles. The number of nitrogens with one attached hydrogen (secondary N) is 1. The second kappa shape index (κ2) is 15.0. The number of likely N-dealkylation sites (N-methyl/N-ethyl adjacent to an activating group) is 1. The third-order valence-electron chi connectivity index (χ3n) is 5.95. The van der Waals surface area contributed by atoms with Crippen LogP contribution in [0.3, 0.4) is 0 Å².